The van der Waals surface area contributed by atoms with Gasteiger partial charge in [-0.1, -0.05) is 39.8 Å². The lowest BCUT2D eigenvalue weighted by Gasteiger charge is -2.12. The van der Waals surface area contributed by atoms with Crippen LogP contribution < -0.4 is 5.32 Å². The van der Waals surface area contributed by atoms with Crippen LogP contribution in [0.4, 0.5) is 5.82 Å². The molecule has 0 aromatic carbocycles. The Morgan fingerprint density at radius 1 is 1.43 bits per heavy atom. The molecule has 0 spiro atoms. The number of aromatic nitrogens is 1. The smallest absolute Gasteiger partial charge is 0.169 e. The summed E-state index contributed by atoms with van der Waals surface area (Å²) in [4.78, 5) is 0. The highest BCUT2D eigenvalue weighted by molar-refractivity contribution is 5.35. The van der Waals surface area contributed by atoms with E-state index in [0.29, 0.717) is 5.92 Å². The Balaban J connectivity index is 2.60. The van der Waals surface area contributed by atoms with Gasteiger partial charge >= 0.3 is 0 Å². The first kappa shape index (κ1) is 11.1. The molecule has 1 aromatic heterocycles. The summed E-state index contributed by atoms with van der Waals surface area (Å²) < 4.78 is 5.25. The maximum Gasteiger partial charge on any atom is 0.169 e. The van der Waals surface area contributed by atoms with E-state index < -0.39 is 0 Å². The normalized spacial score (nSPS) is 12.1. The van der Waals surface area contributed by atoms with E-state index in [9.17, 15) is 0 Å². The summed E-state index contributed by atoms with van der Waals surface area (Å²) in [5.41, 5.74) is 0.0325. The third kappa shape index (κ3) is 3.05. The first-order valence-electron chi connectivity index (χ1n) is 5.10. The average molecular weight is 196 g/mol. The van der Waals surface area contributed by atoms with Gasteiger partial charge in [-0.05, 0) is 5.92 Å². The summed E-state index contributed by atoms with van der Waals surface area (Å²) in [6.07, 6.45) is 0. The van der Waals surface area contributed by atoms with Crippen LogP contribution in [0.1, 0.15) is 40.4 Å². The van der Waals surface area contributed by atoms with Gasteiger partial charge in [-0.15, -0.1) is 0 Å². The second-order valence-corrected chi connectivity index (χ2v) is 5.10. The lowest BCUT2D eigenvalue weighted by molar-refractivity contribution is 0.330. The van der Waals surface area contributed by atoms with Crippen LogP contribution in [0.3, 0.4) is 0 Å². The van der Waals surface area contributed by atoms with Crippen molar-refractivity contribution in [2.45, 2.75) is 40.0 Å². The molecule has 0 amide bonds. The molecule has 0 aliphatic carbocycles. The van der Waals surface area contributed by atoms with Crippen LogP contribution in [0, 0.1) is 5.92 Å². The molecule has 0 aliphatic rings. The fourth-order valence-corrected chi connectivity index (χ4v) is 1.02. The molecule has 1 heterocycles. The van der Waals surface area contributed by atoms with Crippen molar-refractivity contribution in [2.75, 3.05) is 11.9 Å². The quantitative estimate of drug-likeness (QED) is 0.807. The van der Waals surface area contributed by atoms with Gasteiger partial charge in [0.25, 0.3) is 0 Å². The molecule has 1 N–H and O–H groups in total. The Bertz CT molecular complexity index is 284. The van der Waals surface area contributed by atoms with Crippen molar-refractivity contribution >= 4 is 5.82 Å². The van der Waals surface area contributed by atoms with Crippen molar-refractivity contribution in [3.8, 4) is 0 Å². The SMILES string of the molecule is CC(C)CNc1cc(C(C)(C)C)on1. The van der Waals surface area contributed by atoms with Crippen LogP contribution in [-0.2, 0) is 5.41 Å². The summed E-state index contributed by atoms with van der Waals surface area (Å²) in [6.45, 7) is 11.6. The van der Waals surface area contributed by atoms with Crippen molar-refractivity contribution in [1.82, 2.24) is 5.16 Å². The molecule has 80 valence electrons. The Hall–Kier alpha value is -0.990. The second kappa shape index (κ2) is 4.03. The monoisotopic (exact) mass is 196 g/mol. The molecule has 0 unspecified atom stereocenters. The maximum absolute atomic E-state index is 5.25. The molecule has 0 saturated carbocycles. The van der Waals surface area contributed by atoms with Crippen molar-refractivity contribution in [2.24, 2.45) is 5.92 Å². The summed E-state index contributed by atoms with van der Waals surface area (Å²) >= 11 is 0. The summed E-state index contributed by atoms with van der Waals surface area (Å²) in [6, 6.07) is 1.97. The van der Waals surface area contributed by atoms with Crippen LogP contribution in [-0.4, -0.2) is 11.7 Å². The molecular weight excluding hydrogens is 176 g/mol. The first-order chi connectivity index (χ1) is 6.39. The van der Waals surface area contributed by atoms with Crippen LogP contribution >= 0.6 is 0 Å². The van der Waals surface area contributed by atoms with Crippen LogP contribution in [0.5, 0.6) is 0 Å². The molecular formula is C11H20N2O. The zero-order chi connectivity index (χ0) is 10.8. The highest BCUT2D eigenvalue weighted by Crippen LogP contribution is 2.24. The number of rotatable bonds is 3. The van der Waals surface area contributed by atoms with Gasteiger partial charge < -0.3 is 9.84 Å². The number of hydrogen-bond acceptors (Lipinski definition) is 3. The van der Waals surface area contributed by atoms with Gasteiger partial charge in [-0.3, -0.25) is 0 Å². The Morgan fingerprint density at radius 3 is 2.50 bits per heavy atom. The molecule has 3 heteroatoms. The van der Waals surface area contributed by atoms with E-state index in [1.165, 1.54) is 0 Å². The topological polar surface area (TPSA) is 38.1 Å². The summed E-state index contributed by atoms with van der Waals surface area (Å²) in [5.74, 6) is 2.37. The predicted molar refractivity (Wildman–Crippen MR) is 58.5 cm³/mol. The predicted octanol–water partition coefficient (Wildman–Crippen LogP) is 3.04. The third-order valence-corrected chi connectivity index (χ3v) is 1.94. The molecule has 0 bridgehead atoms. The van der Waals surface area contributed by atoms with E-state index in [2.05, 4.69) is 45.1 Å². The van der Waals surface area contributed by atoms with Crippen LogP contribution in [0.25, 0.3) is 0 Å². The van der Waals surface area contributed by atoms with Crippen molar-refractivity contribution in [3.05, 3.63) is 11.8 Å². The zero-order valence-corrected chi connectivity index (χ0v) is 9.72. The van der Waals surface area contributed by atoms with Gasteiger partial charge in [-0.25, -0.2) is 0 Å². The molecule has 0 atom stereocenters. The van der Waals surface area contributed by atoms with Crippen molar-refractivity contribution in [1.29, 1.82) is 0 Å². The minimum absolute atomic E-state index is 0.0325. The standard InChI is InChI=1S/C11H20N2O/c1-8(2)7-12-10-6-9(14-13-10)11(3,4)5/h6,8H,7H2,1-5H3,(H,12,13). The maximum atomic E-state index is 5.25. The average Bonchev–Trinajstić information content (AvgIpc) is 2.47. The molecule has 0 saturated heterocycles. The third-order valence-electron chi connectivity index (χ3n) is 1.94. The van der Waals surface area contributed by atoms with E-state index in [1.807, 2.05) is 6.07 Å². The van der Waals surface area contributed by atoms with Gasteiger partial charge in [0.1, 0.15) is 5.76 Å². The number of anilines is 1. The first-order valence-corrected chi connectivity index (χ1v) is 5.10. The minimum atomic E-state index is 0.0325. The molecule has 3 nitrogen and oxygen atoms in total. The Labute approximate surface area is 85.9 Å². The number of hydrogen-bond donors (Lipinski definition) is 1. The lowest BCUT2D eigenvalue weighted by atomic mass is 9.93. The zero-order valence-electron chi connectivity index (χ0n) is 9.72. The molecule has 1 aromatic rings. The van der Waals surface area contributed by atoms with E-state index in [0.717, 1.165) is 18.1 Å². The van der Waals surface area contributed by atoms with Gasteiger partial charge in [-0.2, -0.15) is 0 Å². The van der Waals surface area contributed by atoms with E-state index in [4.69, 9.17) is 4.52 Å². The lowest BCUT2D eigenvalue weighted by Crippen LogP contribution is -2.10. The number of nitrogens with zero attached hydrogens (tertiary/aromatic N) is 1. The highest BCUT2D eigenvalue weighted by Gasteiger charge is 2.19. The number of nitrogens with one attached hydrogen (secondary N) is 1. The second-order valence-electron chi connectivity index (χ2n) is 5.10. The molecule has 14 heavy (non-hydrogen) atoms. The van der Waals surface area contributed by atoms with Gasteiger partial charge in [0.2, 0.25) is 0 Å². The molecule has 1 rings (SSSR count). The van der Waals surface area contributed by atoms with Crippen molar-refractivity contribution < 1.29 is 4.52 Å². The molecule has 0 radical (unpaired) electrons. The van der Waals surface area contributed by atoms with Gasteiger partial charge in [0.15, 0.2) is 5.82 Å². The summed E-state index contributed by atoms with van der Waals surface area (Å²) in [5, 5.41) is 7.20. The van der Waals surface area contributed by atoms with Gasteiger partial charge in [0.05, 0.1) is 0 Å². The van der Waals surface area contributed by atoms with E-state index in [1.54, 1.807) is 0 Å². The van der Waals surface area contributed by atoms with Gasteiger partial charge in [0, 0.05) is 18.0 Å². The van der Waals surface area contributed by atoms with Crippen molar-refractivity contribution in [3.63, 3.8) is 0 Å². The fourth-order valence-electron chi connectivity index (χ4n) is 1.02. The van der Waals surface area contributed by atoms with Crippen LogP contribution in [0.15, 0.2) is 10.6 Å². The fraction of sp³-hybridized carbons (Fsp3) is 0.727. The summed E-state index contributed by atoms with van der Waals surface area (Å²) in [7, 11) is 0. The molecule has 0 fully saturated rings. The van der Waals surface area contributed by atoms with Crippen LogP contribution in [0.2, 0.25) is 0 Å². The highest BCUT2D eigenvalue weighted by atomic mass is 16.5. The minimum Gasteiger partial charge on any atom is -0.367 e. The van der Waals surface area contributed by atoms with E-state index in [-0.39, 0.29) is 5.41 Å². The Kier molecular flexibility index (Phi) is 3.19. The van der Waals surface area contributed by atoms with E-state index >= 15 is 0 Å². The largest absolute Gasteiger partial charge is 0.367 e. The molecule has 0 aliphatic heterocycles. The Morgan fingerprint density at radius 2 is 2.07 bits per heavy atom.